The maximum atomic E-state index is 11.2. The number of nitrogens with zero attached hydrogens (tertiary/aromatic N) is 1. The number of carbonyl (C=O) groups is 1. The Kier molecular flexibility index (Phi) is 3.25. The minimum absolute atomic E-state index is 0.188. The molecule has 0 atom stereocenters. The second kappa shape index (κ2) is 4.26. The molecule has 0 aliphatic rings. The number of rotatable bonds is 2. The lowest BCUT2D eigenvalue weighted by Gasteiger charge is -2.03. The van der Waals surface area contributed by atoms with Gasteiger partial charge in [0.1, 0.15) is 11.3 Å². The van der Waals surface area contributed by atoms with Crippen LogP contribution in [0.15, 0.2) is 16.6 Å². The van der Waals surface area contributed by atoms with E-state index in [1.807, 2.05) is 0 Å². The van der Waals surface area contributed by atoms with E-state index in [1.165, 1.54) is 0 Å². The number of hydrogen-bond acceptors (Lipinski definition) is 5. The van der Waals surface area contributed by atoms with Gasteiger partial charge >= 0.3 is 5.97 Å². The number of nitro groups is 1. The lowest BCUT2D eigenvalue weighted by atomic mass is 10.2. The van der Waals surface area contributed by atoms with Gasteiger partial charge in [0.25, 0.3) is 5.69 Å². The average molecular weight is 276 g/mol. The molecule has 0 aliphatic carbocycles. The highest BCUT2D eigenvalue weighted by molar-refractivity contribution is 9.10. The van der Waals surface area contributed by atoms with Crippen LogP contribution in [0.3, 0.4) is 0 Å². The van der Waals surface area contributed by atoms with Crippen molar-refractivity contribution in [3.63, 3.8) is 0 Å². The van der Waals surface area contributed by atoms with Crippen molar-refractivity contribution in [2.24, 2.45) is 0 Å². The topological polar surface area (TPSA) is 89.7 Å². The van der Waals surface area contributed by atoms with Crippen molar-refractivity contribution in [1.29, 1.82) is 0 Å². The molecule has 1 N–H and O–H groups in total. The van der Waals surface area contributed by atoms with E-state index in [4.69, 9.17) is 0 Å². The molecule has 0 radical (unpaired) electrons. The van der Waals surface area contributed by atoms with Crippen LogP contribution in [0.1, 0.15) is 10.4 Å². The van der Waals surface area contributed by atoms with Crippen LogP contribution in [-0.2, 0) is 4.74 Å². The van der Waals surface area contributed by atoms with E-state index in [0.717, 1.165) is 19.2 Å². The number of halogens is 1. The number of hydrogen-bond donors (Lipinski definition) is 1. The average Bonchev–Trinajstić information content (AvgIpc) is 2.20. The van der Waals surface area contributed by atoms with Crippen LogP contribution in [-0.4, -0.2) is 23.1 Å². The predicted molar refractivity (Wildman–Crippen MR) is 53.8 cm³/mol. The molecule has 0 aliphatic heterocycles. The summed E-state index contributed by atoms with van der Waals surface area (Å²) in [5, 5.41) is 19.8. The molecule has 80 valence electrons. The third kappa shape index (κ3) is 2.24. The van der Waals surface area contributed by atoms with E-state index in [1.54, 1.807) is 0 Å². The van der Waals surface area contributed by atoms with Gasteiger partial charge in [-0.05, 0) is 22.0 Å². The zero-order chi connectivity index (χ0) is 11.6. The van der Waals surface area contributed by atoms with Gasteiger partial charge in [-0.2, -0.15) is 0 Å². The van der Waals surface area contributed by atoms with E-state index in [-0.39, 0.29) is 15.8 Å². The van der Waals surface area contributed by atoms with Gasteiger partial charge in [-0.3, -0.25) is 10.1 Å². The number of benzene rings is 1. The zero-order valence-electron chi connectivity index (χ0n) is 7.56. The molecule has 1 aromatic rings. The molecule has 0 bridgehead atoms. The second-order valence-corrected chi connectivity index (χ2v) is 3.42. The smallest absolute Gasteiger partial charge is 0.344 e. The fourth-order valence-electron chi connectivity index (χ4n) is 0.975. The van der Waals surface area contributed by atoms with Gasteiger partial charge in [-0.15, -0.1) is 0 Å². The van der Waals surface area contributed by atoms with Crippen molar-refractivity contribution >= 4 is 27.6 Å². The van der Waals surface area contributed by atoms with E-state index in [2.05, 4.69) is 20.7 Å². The highest BCUT2D eigenvalue weighted by Gasteiger charge is 2.23. The van der Waals surface area contributed by atoms with Crippen molar-refractivity contribution in [1.82, 2.24) is 0 Å². The van der Waals surface area contributed by atoms with E-state index in [0.29, 0.717) is 0 Å². The summed E-state index contributed by atoms with van der Waals surface area (Å²) in [4.78, 5) is 21.0. The Morgan fingerprint density at radius 3 is 2.67 bits per heavy atom. The van der Waals surface area contributed by atoms with Crippen LogP contribution in [0.25, 0.3) is 0 Å². The molecule has 0 saturated carbocycles. The minimum Gasteiger partial charge on any atom is -0.507 e. The fourth-order valence-corrected chi connectivity index (χ4v) is 1.32. The monoisotopic (exact) mass is 275 g/mol. The van der Waals surface area contributed by atoms with Crippen LogP contribution in [0.5, 0.6) is 5.75 Å². The quantitative estimate of drug-likeness (QED) is 0.505. The highest BCUT2D eigenvalue weighted by Crippen LogP contribution is 2.32. The molecule has 1 aromatic carbocycles. The Morgan fingerprint density at radius 2 is 2.20 bits per heavy atom. The fraction of sp³-hybridized carbons (Fsp3) is 0.125. The summed E-state index contributed by atoms with van der Waals surface area (Å²) in [6.07, 6.45) is 0. The van der Waals surface area contributed by atoms with Crippen LogP contribution in [0.2, 0.25) is 0 Å². The molecule has 0 fully saturated rings. The summed E-state index contributed by atoms with van der Waals surface area (Å²) < 4.78 is 4.56. The van der Waals surface area contributed by atoms with Gasteiger partial charge in [0.05, 0.1) is 22.6 Å². The lowest BCUT2D eigenvalue weighted by molar-refractivity contribution is -0.385. The number of carbonyl (C=O) groups excluding carboxylic acids is 1. The number of aromatic hydroxyl groups is 1. The van der Waals surface area contributed by atoms with Crippen LogP contribution in [0.4, 0.5) is 5.69 Å². The van der Waals surface area contributed by atoms with Gasteiger partial charge in [0, 0.05) is 0 Å². The molecule has 0 amide bonds. The first-order valence-electron chi connectivity index (χ1n) is 3.72. The third-order valence-electron chi connectivity index (χ3n) is 1.67. The zero-order valence-corrected chi connectivity index (χ0v) is 9.15. The van der Waals surface area contributed by atoms with Gasteiger partial charge in [0.2, 0.25) is 0 Å². The molecule has 0 heterocycles. The second-order valence-electron chi connectivity index (χ2n) is 2.57. The summed E-state index contributed by atoms with van der Waals surface area (Å²) in [6.45, 7) is 0. The van der Waals surface area contributed by atoms with Crippen LogP contribution >= 0.6 is 15.9 Å². The Bertz CT molecular complexity index is 431. The summed E-state index contributed by atoms with van der Waals surface area (Å²) >= 11 is 2.95. The van der Waals surface area contributed by atoms with Crippen molar-refractivity contribution in [2.75, 3.05) is 7.11 Å². The number of esters is 1. The first-order valence-corrected chi connectivity index (χ1v) is 4.52. The maximum Gasteiger partial charge on any atom is 0.344 e. The number of methoxy groups -OCH3 is 1. The van der Waals surface area contributed by atoms with E-state index >= 15 is 0 Å². The van der Waals surface area contributed by atoms with Crippen LogP contribution in [0, 0.1) is 10.1 Å². The maximum absolute atomic E-state index is 11.2. The first kappa shape index (κ1) is 11.4. The summed E-state index contributed by atoms with van der Waals surface area (Å²) in [5.74, 6) is -1.14. The Morgan fingerprint density at radius 1 is 1.60 bits per heavy atom. The van der Waals surface area contributed by atoms with Crippen molar-refractivity contribution in [3.05, 3.63) is 32.3 Å². The Hall–Kier alpha value is -1.63. The molecular weight excluding hydrogens is 270 g/mol. The number of phenols is 1. The predicted octanol–water partition coefficient (Wildman–Crippen LogP) is 1.85. The summed E-state index contributed by atoms with van der Waals surface area (Å²) in [6, 6.07) is 2.02. The van der Waals surface area contributed by atoms with Crippen molar-refractivity contribution in [2.45, 2.75) is 0 Å². The molecule has 15 heavy (non-hydrogen) atoms. The lowest BCUT2D eigenvalue weighted by Crippen LogP contribution is -2.05. The standard InChI is InChI=1S/C8H6BrNO5/c1-15-8(12)4-2-5(9)7(11)3-6(4)10(13)14/h2-3,11H,1H3. The van der Waals surface area contributed by atoms with Crippen LogP contribution < -0.4 is 0 Å². The van der Waals surface area contributed by atoms with Gasteiger partial charge in [0.15, 0.2) is 0 Å². The van der Waals surface area contributed by atoms with Gasteiger partial charge < -0.3 is 9.84 Å². The number of phenolic OH excluding ortho intramolecular Hbond substituents is 1. The largest absolute Gasteiger partial charge is 0.507 e. The molecule has 7 heteroatoms. The number of nitro benzene ring substituents is 1. The SMILES string of the molecule is COC(=O)c1cc(Br)c(O)cc1[N+](=O)[O-]. The molecule has 0 aromatic heterocycles. The molecule has 0 saturated heterocycles. The Balaban J connectivity index is 3.41. The van der Waals surface area contributed by atoms with E-state index < -0.39 is 16.6 Å². The molecule has 6 nitrogen and oxygen atoms in total. The minimum atomic E-state index is -0.831. The third-order valence-corrected chi connectivity index (χ3v) is 2.30. The number of ether oxygens (including phenoxy) is 1. The summed E-state index contributed by atoms with van der Waals surface area (Å²) in [5.41, 5.74) is -0.713. The molecule has 1 rings (SSSR count). The van der Waals surface area contributed by atoms with Crippen molar-refractivity contribution < 1.29 is 19.6 Å². The van der Waals surface area contributed by atoms with Gasteiger partial charge in [-0.1, -0.05) is 0 Å². The Labute approximate surface area is 92.8 Å². The van der Waals surface area contributed by atoms with Crippen molar-refractivity contribution in [3.8, 4) is 5.75 Å². The highest BCUT2D eigenvalue weighted by atomic mass is 79.9. The molecule has 0 unspecified atom stereocenters. The molecular formula is C8H6BrNO5. The molecule has 0 spiro atoms. The van der Waals surface area contributed by atoms with Gasteiger partial charge in [-0.25, -0.2) is 4.79 Å². The normalized spacial score (nSPS) is 9.73. The summed E-state index contributed by atoms with van der Waals surface area (Å²) in [7, 11) is 1.12. The first-order chi connectivity index (χ1) is 6.97. The van der Waals surface area contributed by atoms with E-state index in [9.17, 15) is 20.0 Å².